The van der Waals surface area contributed by atoms with E-state index in [9.17, 15) is 0 Å². The molecule has 3 nitrogen and oxygen atoms in total. The van der Waals surface area contributed by atoms with Crippen molar-refractivity contribution in [3.8, 4) is 11.8 Å². The van der Waals surface area contributed by atoms with E-state index in [-0.39, 0.29) is 5.28 Å². The number of anilines is 1. The molecule has 4 heteroatoms. The van der Waals surface area contributed by atoms with Crippen molar-refractivity contribution in [2.45, 2.75) is 13.8 Å². The highest BCUT2D eigenvalue weighted by atomic mass is 35.5. The molecule has 0 atom stereocenters. The molecule has 0 aromatic carbocycles. The average molecular weight is 196 g/mol. The molecule has 0 aliphatic heterocycles. The number of aromatic nitrogens is 2. The van der Waals surface area contributed by atoms with Crippen LogP contribution in [0.5, 0.6) is 0 Å². The fourth-order valence-corrected chi connectivity index (χ4v) is 1.07. The van der Waals surface area contributed by atoms with Crippen LogP contribution in [-0.4, -0.2) is 16.5 Å². The Hall–Kier alpha value is -1.27. The molecule has 1 heterocycles. The van der Waals surface area contributed by atoms with Gasteiger partial charge in [-0.1, -0.05) is 5.92 Å². The monoisotopic (exact) mass is 195 g/mol. The van der Waals surface area contributed by atoms with Gasteiger partial charge in [0.25, 0.3) is 0 Å². The molecule has 68 valence electrons. The average Bonchev–Trinajstić information content (AvgIpc) is 2.03. The number of nitrogens with one attached hydrogen (secondary N) is 1. The molecule has 1 aromatic rings. The van der Waals surface area contributed by atoms with Gasteiger partial charge in [0.05, 0.1) is 6.54 Å². The van der Waals surface area contributed by atoms with E-state index < -0.39 is 0 Å². The summed E-state index contributed by atoms with van der Waals surface area (Å²) in [6, 6.07) is 1.82. The molecule has 0 radical (unpaired) electrons. The molecule has 1 rings (SSSR count). The Balaban J connectivity index is 2.69. The zero-order valence-corrected chi connectivity index (χ0v) is 8.31. The number of halogens is 1. The van der Waals surface area contributed by atoms with E-state index in [1.54, 1.807) is 6.92 Å². The zero-order chi connectivity index (χ0) is 9.68. The summed E-state index contributed by atoms with van der Waals surface area (Å²) in [7, 11) is 0. The van der Waals surface area contributed by atoms with E-state index in [0.717, 1.165) is 5.69 Å². The van der Waals surface area contributed by atoms with Crippen molar-refractivity contribution in [3.63, 3.8) is 0 Å². The lowest BCUT2D eigenvalue weighted by Gasteiger charge is -2.01. The van der Waals surface area contributed by atoms with E-state index in [1.165, 1.54) is 0 Å². The molecular weight excluding hydrogens is 186 g/mol. The minimum absolute atomic E-state index is 0.256. The van der Waals surface area contributed by atoms with Gasteiger partial charge in [-0.05, 0) is 25.4 Å². The van der Waals surface area contributed by atoms with Crippen LogP contribution in [0.3, 0.4) is 0 Å². The van der Waals surface area contributed by atoms with Crippen LogP contribution in [0.1, 0.15) is 12.6 Å². The second-order valence-corrected chi connectivity index (χ2v) is 2.78. The molecule has 0 aliphatic carbocycles. The molecule has 0 bridgehead atoms. The molecule has 0 unspecified atom stereocenters. The third-order valence-electron chi connectivity index (χ3n) is 1.36. The van der Waals surface area contributed by atoms with E-state index in [2.05, 4.69) is 27.1 Å². The predicted molar refractivity (Wildman–Crippen MR) is 53.7 cm³/mol. The highest BCUT2D eigenvalue weighted by Gasteiger charge is 1.97. The standard InChI is InChI=1S/C9H10ClN3/c1-3-4-5-11-8-6-7(2)12-9(10)13-8/h6H,5H2,1-2H3,(H,11,12,13). The van der Waals surface area contributed by atoms with Crippen molar-refractivity contribution in [1.29, 1.82) is 0 Å². The SMILES string of the molecule is CC#CCNc1cc(C)nc(Cl)n1. The van der Waals surface area contributed by atoms with Crippen molar-refractivity contribution >= 4 is 17.4 Å². The number of aryl methyl sites for hydroxylation is 1. The van der Waals surface area contributed by atoms with Gasteiger partial charge in [-0.15, -0.1) is 5.92 Å². The van der Waals surface area contributed by atoms with Crippen LogP contribution in [0.2, 0.25) is 5.28 Å². The second-order valence-electron chi connectivity index (χ2n) is 2.44. The van der Waals surface area contributed by atoms with E-state index in [1.807, 2.05) is 13.0 Å². The van der Waals surface area contributed by atoms with Crippen LogP contribution in [-0.2, 0) is 0 Å². The Kier molecular flexibility index (Phi) is 3.53. The molecular formula is C9H10ClN3. The summed E-state index contributed by atoms with van der Waals surface area (Å²) in [5.41, 5.74) is 0.840. The van der Waals surface area contributed by atoms with Crippen molar-refractivity contribution in [2.75, 3.05) is 11.9 Å². The van der Waals surface area contributed by atoms with E-state index in [0.29, 0.717) is 12.4 Å². The molecule has 13 heavy (non-hydrogen) atoms. The topological polar surface area (TPSA) is 37.8 Å². The van der Waals surface area contributed by atoms with Gasteiger partial charge in [0.15, 0.2) is 0 Å². The van der Waals surface area contributed by atoms with Crippen molar-refractivity contribution in [1.82, 2.24) is 9.97 Å². The maximum Gasteiger partial charge on any atom is 0.224 e. The van der Waals surface area contributed by atoms with E-state index >= 15 is 0 Å². The van der Waals surface area contributed by atoms with Crippen LogP contribution >= 0.6 is 11.6 Å². The normalized spacial score (nSPS) is 8.85. The van der Waals surface area contributed by atoms with Gasteiger partial charge in [0.1, 0.15) is 5.82 Å². The second kappa shape index (κ2) is 4.68. The minimum atomic E-state index is 0.256. The molecule has 1 aromatic heterocycles. The lowest BCUT2D eigenvalue weighted by atomic mass is 10.4. The van der Waals surface area contributed by atoms with Crippen molar-refractivity contribution < 1.29 is 0 Å². The van der Waals surface area contributed by atoms with Gasteiger partial charge in [0, 0.05) is 11.8 Å². The Labute approximate surface area is 82.5 Å². The number of hydrogen-bond acceptors (Lipinski definition) is 3. The highest BCUT2D eigenvalue weighted by molar-refractivity contribution is 6.28. The summed E-state index contributed by atoms with van der Waals surface area (Å²) in [5.74, 6) is 6.36. The quantitative estimate of drug-likeness (QED) is 0.579. The van der Waals surface area contributed by atoms with Crippen LogP contribution in [0.25, 0.3) is 0 Å². The van der Waals surface area contributed by atoms with Gasteiger partial charge in [-0.2, -0.15) is 0 Å². The largest absolute Gasteiger partial charge is 0.359 e. The minimum Gasteiger partial charge on any atom is -0.359 e. The molecule has 1 N–H and O–H groups in total. The van der Waals surface area contributed by atoms with Gasteiger partial charge in [-0.25, -0.2) is 9.97 Å². The fraction of sp³-hybridized carbons (Fsp3) is 0.333. The Morgan fingerprint density at radius 1 is 1.54 bits per heavy atom. The van der Waals surface area contributed by atoms with Crippen LogP contribution < -0.4 is 5.32 Å². The van der Waals surface area contributed by atoms with Gasteiger partial charge in [0.2, 0.25) is 5.28 Å². The smallest absolute Gasteiger partial charge is 0.224 e. The maximum atomic E-state index is 5.66. The van der Waals surface area contributed by atoms with E-state index in [4.69, 9.17) is 11.6 Å². The molecule has 0 amide bonds. The first-order valence-corrected chi connectivity index (χ1v) is 4.25. The molecule has 0 saturated heterocycles. The van der Waals surface area contributed by atoms with Crippen LogP contribution in [0.15, 0.2) is 6.07 Å². The summed E-state index contributed by atoms with van der Waals surface area (Å²) in [6.45, 7) is 4.23. The van der Waals surface area contributed by atoms with Crippen molar-refractivity contribution in [3.05, 3.63) is 17.0 Å². The first-order chi connectivity index (χ1) is 6.22. The first kappa shape index (κ1) is 9.82. The zero-order valence-electron chi connectivity index (χ0n) is 7.56. The number of rotatable bonds is 2. The van der Waals surface area contributed by atoms with Gasteiger partial charge >= 0.3 is 0 Å². The molecule has 0 aliphatic rings. The lowest BCUT2D eigenvalue weighted by molar-refractivity contribution is 1.09. The summed E-state index contributed by atoms with van der Waals surface area (Å²) >= 11 is 5.66. The molecule has 0 spiro atoms. The molecule has 0 fully saturated rings. The van der Waals surface area contributed by atoms with Gasteiger partial charge in [-0.3, -0.25) is 0 Å². The summed E-state index contributed by atoms with van der Waals surface area (Å²) in [4.78, 5) is 7.92. The summed E-state index contributed by atoms with van der Waals surface area (Å²) in [6.07, 6.45) is 0. The van der Waals surface area contributed by atoms with Gasteiger partial charge < -0.3 is 5.32 Å². The lowest BCUT2D eigenvalue weighted by Crippen LogP contribution is -2.02. The number of nitrogens with zero attached hydrogens (tertiary/aromatic N) is 2. The number of hydrogen-bond donors (Lipinski definition) is 1. The third-order valence-corrected chi connectivity index (χ3v) is 1.53. The third kappa shape index (κ3) is 3.30. The fourth-order valence-electron chi connectivity index (χ4n) is 0.846. The van der Waals surface area contributed by atoms with Crippen LogP contribution in [0.4, 0.5) is 5.82 Å². The predicted octanol–water partition coefficient (Wildman–Crippen LogP) is 1.87. The van der Waals surface area contributed by atoms with Crippen molar-refractivity contribution in [2.24, 2.45) is 0 Å². The van der Waals surface area contributed by atoms with Crippen LogP contribution in [0, 0.1) is 18.8 Å². The Morgan fingerprint density at radius 2 is 2.31 bits per heavy atom. The summed E-state index contributed by atoms with van der Waals surface area (Å²) in [5, 5.41) is 3.27. The Morgan fingerprint density at radius 3 is 2.92 bits per heavy atom. The Bertz CT molecular complexity index is 331. The molecule has 0 saturated carbocycles. The highest BCUT2D eigenvalue weighted by Crippen LogP contribution is 2.08. The maximum absolute atomic E-state index is 5.66. The summed E-state index contributed by atoms with van der Waals surface area (Å²) < 4.78 is 0. The first-order valence-electron chi connectivity index (χ1n) is 3.87.